The zero-order valence-corrected chi connectivity index (χ0v) is 18.5. The van der Waals surface area contributed by atoms with Gasteiger partial charge in [0.15, 0.2) is 0 Å². The SMILES string of the molecule is [N-]=[N+]=NCC(O)COC(=O)Nc1ccc(Cc2ccc(NC(=O)OCC(O)CN=[N+]=[N-])cc2)cc1. The molecule has 2 amide bonds. The Morgan fingerprint density at radius 1 is 0.771 bits per heavy atom. The summed E-state index contributed by atoms with van der Waals surface area (Å²) in [6.45, 7) is -0.983. The highest BCUT2D eigenvalue weighted by Gasteiger charge is 2.10. The number of nitrogens with one attached hydrogen (secondary N) is 2. The summed E-state index contributed by atoms with van der Waals surface area (Å²) in [5.41, 5.74) is 19.3. The number of anilines is 2. The summed E-state index contributed by atoms with van der Waals surface area (Å²) >= 11 is 0. The van der Waals surface area contributed by atoms with Gasteiger partial charge in [-0.25, -0.2) is 9.59 Å². The highest BCUT2D eigenvalue weighted by Crippen LogP contribution is 2.16. The van der Waals surface area contributed by atoms with Crippen LogP contribution in [0.4, 0.5) is 21.0 Å². The number of carbonyl (C=O) groups is 2. The highest BCUT2D eigenvalue weighted by molar-refractivity contribution is 5.85. The molecular formula is C21H24N8O6. The number of aliphatic hydroxyl groups is 2. The Morgan fingerprint density at radius 2 is 1.14 bits per heavy atom. The minimum Gasteiger partial charge on any atom is -0.447 e. The zero-order valence-electron chi connectivity index (χ0n) is 18.5. The van der Waals surface area contributed by atoms with Crippen LogP contribution >= 0.6 is 0 Å². The maximum atomic E-state index is 11.8. The molecule has 2 atom stereocenters. The second kappa shape index (κ2) is 14.6. The molecule has 14 heteroatoms. The second-order valence-electron chi connectivity index (χ2n) is 7.15. The first-order valence-electron chi connectivity index (χ1n) is 10.3. The maximum Gasteiger partial charge on any atom is 0.411 e. The molecule has 0 heterocycles. The molecule has 2 unspecified atom stereocenters. The molecule has 184 valence electrons. The third-order valence-corrected chi connectivity index (χ3v) is 4.33. The van der Waals surface area contributed by atoms with Crippen LogP contribution in [-0.4, -0.2) is 60.9 Å². The number of benzene rings is 2. The molecule has 0 aliphatic heterocycles. The molecule has 2 aromatic carbocycles. The normalized spacial score (nSPS) is 11.7. The summed E-state index contributed by atoms with van der Waals surface area (Å²) in [5, 5.41) is 30.4. The Hall–Kier alpha value is -4.48. The minimum absolute atomic E-state index is 0.191. The van der Waals surface area contributed by atoms with Crippen LogP contribution in [-0.2, 0) is 15.9 Å². The summed E-state index contributed by atoms with van der Waals surface area (Å²) in [6, 6.07) is 14.1. The van der Waals surface area contributed by atoms with Crippen molar-refractivity contribution in [3.05, 3.63) is 80.5 Å². The van der Waals surface area contributed by atoms with E-state index in [0.717, 1.165) is 11.1 Å². The predicted octanol–water partition coefficient (Wildman–Crippen LogP) is 3.72. The largest absolute Gasteiger partial charge is 0.447 e. The predicted molar refractivity (Wildman–Crippen MR) is 126 cm³/mol. The van der Waals surface area contributed by atoms with Gasteiger partial charge < -0.3 is 19.7 Å². The monoisotopic (exact) mass is 484 g/mol. The number of ether oxygens (including phenoxy) is 2. The number of nitrogens with zero attached hydrogens (tertiary/aromatic N) is 6. The Morgan fingerprint density at radius 3 is 1.49 bits per heavy atom. The van der Waals surface area contributed by atoms with Gasteiger partial charge in [0.2, 0.25) is 0 Å². The summed E-state index contributed by atoms with van der Waals surface area (Å²) in [7, 11) is 0. The van der Waals surface area contributed by atoms with Gasteiger partial charge in [-0.2, -0.15) is 0 Å². The van der Waals surface area contributed by atoms with Crippen LogP contribution in [0.2, 0.25) is 0 Å². The fourth-order valence-electron chi connectivity index (χ4n) is 2.67. The minimum atomic E-state index is -1.07. The Balaban J connectivity index is 1.77. The average Bonchev–Trinajstić information content (AvgIpc) is 2.86. The lowest BCUT2D eigenvalue weighted by Gasteiger charge is -2.11. The van der Waals surface area contributed by atoms with Crippen LogP contribution in [0.15, 0.2) is 58.8 Å². The number of amides is 2. The third-order valence-electron chi connectivity index (χ3n) is 4.33. The Bertz CT molecular complexity index is 981. The lowest BCUT2D eigenvalue weighted by atomic mass is 10.0. The van der Waals surface area contributed by atoms with Crippen molar-refractivity contribution in [2.24, 2.45) is 10.2 Å². The van der Waals surface area contributed by atoms with Crippen LogP contribution in [0.1, 0.15) is 11.1 Å². The van der Waals surface area contributed by atoms with Crippen LogP contribution < -0.4 is 10.6 Å². The van der Waals surface area contributed by atoms with E-state index >= 15 is 0 Å². The molecule has 2 aromatic rings. The van der Waals surface area contributed by atoms with Crippen LogP contribution in [0.25, 0.3) is 20.9 Å². The van der Waals surface area contributed by atoms with Gasteiger partial charge in [0.1, 0.15) is 13.2 Å². The fourth-order valence-corrected chi connectivity index (χ4v) is 2.67. The molecule has 0 saturated carbocycles. The molecule has 4 N–H and O–H groups in total. The highest BCUT2D eigenvalue weighted by atomic mass is 16.6. The first kappa shape index (κ1) is 26.8. The van der Waals surface area contributed by atoms with Crippen molar-refractivity contribution in [2.75, 3.05) is 36.9 Å². The van der Waals surface area contributed by atoms with Gasteiger partial charge in [-0.15, -0.1) is 0 Å². The van der Waals surface area contributed by atoms with Crippen molar-refractivity contribution in [3.8, 4) is 0 Å². The molecule has 0 bridgehead atoms. The second-order valence-corrected chi connectivity index (χ2v) is 7.15. The van der Waals surface area contributed by atoms with E-state index in [9.17, 15) is 19.8 Å². The molecule has 0 aliphatic rings. The van der Waals surface area contributed by atoms with Gasteiger partial charge in [0, 0.05) is 21.2 Å². The van der Waals surface area contributed by atoms with Crippen molar-refractivity contribution in [1.82, 2.24) is 0 Å². The molecule has 14 nitrogen and oxygen atoms in total. The Kier molecular flexibility index (Phi) is 11.2. The quantitative estimate of drug-likeness (QED) is 0.200. The van der Waals surface area contributed by atoms with Gasteiger partial charge in [-0.3, -0.25) is 10.6 Å². The van der Waals surface area contributed by atoms with Crippen molar-refractivity contribution in [2.45, 2.75) is 18.6 Å². The van der Waals surface area contributed by atoms with Gasteiger partial charge in [-0.05, 0) is 52.9 Å². The van der Waals surface area contributed by atoms with E-state index in [-0.39, 0.29) is 26.3 Å². The third kappa shape index (κ3) is 10.8. The number of hydrogen-bond donors (Lipinski definition) is 4. The molecule has 0 radical (unpaired) electrons. The van der Waals surface area contributed by atoms with Gasteiger partial charge in [0.05, 0.1) is 25.3 Å². The first-order chi connectivity index (χ1) is 16.9. The number of hydrogen-bond acceptors (Lipinski definition) is 8. The molecular weight excluding hydrogens is 460 g/mol. The maximum absolute atomic E-state index is 11.8. The standard InChI is InChI=1S/C21H24N8O6/c22-28-24-10-18(30)12-34-20(32)26-16-5-1-14(2-6-16)9-15-3-7-17(8-4-15)27-21(33)35-13-19(31)11-25-29-23/h1-8,18-19,30-31H,9-13H2,(H,26,32)(H,27,33). The summed E-state index contributed by atoms with van der Waals surface area (Å²) in [5.74, 6) is 0. The van der Waals surface area contributed by atoms with Crippen molar-refractivity contribution in [3.63, 3.8) is 0 Å². The zero-order chi connectivity index (χ0) is 25.5. The van der Waals surface area contributed by atoms with E-state index in [1.165, 1.54) is 0 Å². The first-order valence-corrected chi connectivity index (χ1v) is 10.3. The molecule has 0 fully saturated rings. The van der Waals surface area contributed by atoms with E-state index < -0.39 is 24.4 Å². The van der Waals surface area contributed by atoms with Crippen molar-refractivity contribution < 1.29 is 29.3 Å². The molecule has 0 aromatic heterocycles. The summed E-state index contributed by atoms with van der Waals surface area (Å²) in [6.07, 6.45) is -3.04. The van der Waals surface area contributed by atoms with E-state index in [2.05, 4.69) is 30.7 Å². The molecule has 0 spiro atoms. The fraction of sp³-hybridized carbons (Fsp3) is 0.333. The van der Waals surface area contributed by atoms with Gasteiger partial charge in [0.25, 0.3) is 0 Å². The lowest BCUT2D eigenvalue weighted by molar-refractivity contribution is 0.0802. The number of azide groups is 2. The van der Waals surface area contributed by atoms with E-state index in [1.54, 1.807) is 24.3 Å². The van der Waals surface area contributed by atoms with Crippen LogP contribution in [0, 0.1) is 0 Å². The van der Waals surface area contributed by atoms with Gasteiger partial charge >= 0.3 is 12.2 Å². The molecule has 0 saturated heterocycles. The number of carbonyl (C=O) groups excluding carboxylic acids is 2. The van der Waals surface area contributed by atoms with Gasteiger partial charge in [-0.1, -0.05) is 34.5 Å². The number of aliphatic hydroxyl groups excluding tert-OH is 2. The Labute approximate surface area is 199 Å². The van der Waals surface area contributed by atoms with E-state index in [4.69, 9.17) is 20.5 Å². The number of rotatable bonds is 12. The lowest BCUT2D eigenvalue weighted by Crippen LogP contribution is -2.23. The molecule has 2 rings (SSSR count). The molecule has 0 aliphatic carbocycles. The van der Waals surface area contributed by atoms with E-state index in [1.807, 2.05) is 24.3 Å². The summed E-state index contributed by atoms with van der Waals surface area (Å²) in [4.78, 5) is 28.6. The average molecular weight is 484 g/mol. The van der Waals surface area contributed by atoms with Crippen LogP contribution in [0.5, 0.6) is 0 Å². The smallest absolute Gasteiger partial charge is 0.411 e. The van der Waals surface area contributed by atoms with Crippen molar-refractivity contribution in [1.29, 1.82) is 0 Å². The summed E-state index contributed by atoms with van der Waals surface area (Å²) < 4.78 is 9.72. The van der Waals surface area contributed by atoms with E-state index in [0.29, 0.717) is 17.8 Å². The van der Waals surface area contributed by atoms with Crippen LogP contribution in [0.3, 0.4) is 0 Å². The topological polar surface area (TPSA) is 215 Å². The van der Waals surface area contributed by atoms with Crippen molar-refractivity contribution >= 4 is 23.6 Å². The molecule has 35 heavy (non-hydrogen) atoms.